The molecule has 1 N–H and O–H groups in total. The van der Waals surface area contributed by atoms with Gasteiger partial charge in [-0.3, -0.25) is 0 Å². The lowest BCUT2D eigenvalue weighted by molar-refractivity contribution is -0.133. The van der Waals surface area contributed by atoms with Crippen LogP contribution in [0.3, 0.4) is 0 Å². The van der Waals surface area contributed by atoms with Crippen LogP contribution in [0, 0.1) is 0 Å². The molecule has 0 spiro atoms. The maximum absolute atomic E-state index is 12.0. The Morgan fingerprint density at radius 1 is 1.19 bits per heavy atom. The molecule has 0 amide bonds. The van der Waals surface area contributed by atoms with E-state index in [4.69, 9.17) is 0 Å². The lowest BCUT2D eigenvalue weighted by Gasteiger charge is -2.36. The Morgan fingerprint density at radius 3 is 2.25 bits per heavy atom. The van der Waals surface area contributed by atoms with Crippen LogP contribution >= 0.6 is 0 Å². The highest BCUT2D eigenvalue weighted by Crippen LogP contribution is 2.34. The lowest BCUT2D eigenvalue weighted by atomic mass is 9.98. The Labute approximate surface area is 94.2 Å². The molecule has 0 aromatic carbocycles. The molecule has 0 saturated carbocycles. The fourth-order valence-corrected chi connectivity index (χ4v) is 3.00. The van der Waals surface area contributed by atoms with E-state index >= 15 is 0 Å². The van der Waals surface area contributed by atoms with E-state index in [0.29, 0.717) is 12.1 Å². The zero-order valence-electron chi connectivity index (χ0n) is 9.56. The van der Waals surface area contributed by atoms with Gasteiger partial charge in [0.2, 0.25) is 0 Å². The lowest BCUT2D eigenvalue weighted by Crippen LogP contribution is -2.47. The van der Waals surface area contributed by atoms with Gasteiger partial charge in [0.15, 0.2) is 0 Å². The summed E-state index contributed by atoms with van der Waals surface area (Å²) in [6.45, 7) is 0.0668. The molecule has 16 heavy (non-hydrogen) atoms. The van der Waals surface area contributed by atoms with Crippen molar-refractivity contribution in [2.75, 3.05) is 13.6 Å². The molecule has 2 saturated heterocycles. The molecule has 2 atom stereocenters. The molecule has 0 aromatic rings. The van der Waals surface area contributed by atoms with Crippen LogP contribution in [-0.4, -0.2) is 42.8 Å². The Morgan fingerprint density at radius 2 is 1.75 bits per heavy atom. The SMILES string of the molecule is CN1C2CCC1CC(NCCC(F)(F)F)C2. The van der Waals surface area contributed by atoms with E-state index < -0.39 is 12.6 Å². The van der Waals surface area contributed by atoms with Crippen molar-refractivity contribution in [3.8, 4) is 0 Å². The molecule has 0 radical (unpaired) electrons. The number of nitrogens with one attached hydrogen (secondary N) is 1. The summed E-state index contributed by atoms with van der Waals surface area (Å²) in [6.07, 6.45) is -0.320. The molecule has 5 heteroatoms. The number of hydrogen-bond donors (Lipinski definition) is 1. The van der Waals surface area contributed by atoms with Gasteiger partial charge in [-0.25, -0.2) is 0 Å². The first kappa shape index (κ1) is 12.2. The van der Waals surface area contributed by atoms with Crippen molar-refractivity contribution >= 4 is 0 Å². The van der Waals surface area contributed by atoms with Gasteiger partial charge < -0.3 is 10.2 Å². The van der Waals surface area contributed by atoms with Crippen LogP contribution in [0.2, 0.25) is 0 Å². The van der Waals surface area contributed by atoms with Crippen LogP contribution in [0.25, 0.3) is 0 Å². The molecule has 0 aromatic heterocycles. The minimum Gasteiger partial charge on any atom is -0.314 e. The first-order valence-electron chi connectivity index (χ1n) is 5.98. The Bertz CT molecular complexity index is 228. The Balaban J connectivity index is 1.73. The fourth-order valence-electron chi connectivity index (χ4n) is 3.00. The van der Waals surface area contributed by atoms with Gasteiger partial charge in [-0.05, 0) is 32.7 Å². The second-order valence-electron chi connectivity index (χ2n) is 5.04. The molecule has 0 aliphatic carbocycles. The van der Waals surface area contributed by atoms with Gasteiger partial charge in [-0.2, -0.15) is 13.2 Å². The van der Waals surface area contributed by atoms with Crippen molar-refractivity contribution in [2.45, 2.75) is 56.4 Å². The van der Waals surface area contributed by atoms with Crippen LogP contribution in [0.1, 0.15) is 32.1 Å². The summed E-state index contributed by atoms with van der Waals surface area (Å²) in [5.41, 5.74) is 0. The van der Waals surface area contributed by atoms with E-state index in [1.165, 1.54) is 12.8 Å². The molecule has 2 fully saturated rings. The number of fused-ring (bicyclic) bond motifs is 2. The van der Waals surface area contributed by atoms with Crippen molar-refractivity contribution in [1.82, 2.24) is 10.2 Å². The third kappa shape index (κ3) is 2.88. The second-order valence-corrected chi connectivity index (χ2v) is 5.04. The first-order chi connectivity index (χ1) is 7.46. The van der Waals surface area contributed by atoms with E-state index in [1.54, 1.807) is 0 Å². The standard InChI is InChI=1S/C11H19F3N2/c1-16-9-2-3-10(16)7-8(6-9)15-5-4-11(12,13)14/h8-10,15H,2-7H2,1H3. The van der Waals surface area contributed by atoms with Crippen LogP contribution in [0.15, 0.2) is 0 Å². The van der Waals surface area contributed by atoms with Crippen LogP contribution in [0.5, 0.6) is 0 Å². The molecule has 2 rings (SSSR count). The minimum absolute atomic E-state index is 0.0668. The molecular formula is C11H19F3N2. The van der Waals surface area contributed by atoms with Crippen molar-refractivity contribution < 1.29 is 13.2 Å². The summed E-state index contributed by atoms with van der Waals surface area (Å²) in [5.74, 6) is 0. The number of nitrogens with zero attached hydrogens (tertiary/aromatic N) is 1. The van der Waals surface area contributed by atoms with Crippen LogP contribution < -0.4 is 5.32 Å². The number of halogens is 3. The van der Waals surface area contributed by atoms with Gasteiger partial charge in [0.1, 0.15) is 0 Å². The predicted molar refractivity (Wildman–Crippen MR) is 56.3 cm³/mol. The topological polar surface area (TPSA) is 15.3 Å². The summed E-state index contributed by atoms with van der Waals surface area (Å²) in [6, 6.07) is 1.46. The zero-order valence-corrected chi connectivity index (χ0v) is 9.56. The molecule has 94 valence electrons. The molecule has 2 aliphatic heterocycles. The predicted octanol–water partition coefficient (Wildman–Crippen LogP) is 2.15. The molecule has 2 aliphatic rings. The fraction of sp³-hybridized carbons (Fsp3) is 1.00. The number of piperidine rings is 1. The quantitative estimate of drug-likeness (QED) is 0.807. The monoisotopic (exact) mass is 236 g/mol. The number of hydrogen-bond acceptors (Lipinski definition) is 2. The zero-order chi connectivity index (χ0) is 11.8. The average molecular weight is 236 g/mol. The average Bonchev–Trinajstić information content (AvgIpc) is 2.41. The van der Waals surface area contributed by atoms with Crippen molar-refractivity contribution in [3.63, 3.8) is 0 Å². The van der Waals surface area contributed by atoms with E-state index in [-0.39, 0.29) is 12.6 Å². The van der Waals surface area contributed by atoms with Crippen LogP contribution in [0.4, 0.5) is 13.2 Å². The first-order valence-corrected chi connectivity index (χ1v) is 5.98. The number of rotatable bonds is 3. The molecular weight excluding hydrogens is 217 g/mol. The van der Waals surface area contributed by atoms with E-state index in [2.05, 4.69) is 17.3 Å². The van der Waals surface area contributed by atoms with E-state index in [9.17, 15) is 13.2 Å². The maximum Gasteiger partial charge on any atom is 0.390 e. The molecule has 2 nitrogen and oxygen atoms in total. The van der Waals surface area contributed by atoms with Gasteiger partial charge in [-0.1, -0.05) is 0 Å². The smallest absolute Gasteiger partial charge is 0.314 e. The van der Waals surface area contributed by atoms with Crippen LogP contribution in [-0.2, 0) is 0 Å². The third-order valence-corrected chi connectivity index (χ3v) is 3.94. The highest BCUT2D eigenvalue weighted by atomic mass is 19.4. The van der Waals surface area contributed by atoms with E-state index in [1.807, 2.05) is 0 Å². The van der Waals surface area contributed by atoms with Gasteiger partial charge >= 0.3 is 6.18 Å². The van der Waals surface area contributed by atoms with Gasteiger partial charge in [0, 0.05) is 24.7 Å². The third-order valence-electron chi connectivity index (χ3n) is 3.94. The second kappa shape index (κ2) is 4.53. The summed E-state index contributed by atoms with van der Waals surface area (Å²) >= 11 is 0. The Kier molecular flexibility index (Phi) is 3.45. The van der Waals surface area contributed by atoms with E-state index in [0.717, 1.165) is 12.8 Å². The maximum atomic E-state index is 12.0. The Hall–Kier alpha value is -0.290. The molecule has 2 unspecified atom stereocenters. The van der Waals surface area contributed by atoms with Gasteiger partial charge in [0.05, 0.1) is 6.42 Å². The highest BCUT2D eigenvalue weighted by Gasteiger charge is 2.38. The molecule has 2 heterocycles. The summed E-state index contributed by atoms with van der Waals surface area (Å²) in [4.78, 5) is 2.39. The normalized spacial score (nSPS) is 35.6. The summed E-state index contributed by atoms with van der Waals surface area (Å²) < 4.78 is 36.0. The van der Waals surface area contributed by atoms with Gasteiger partial charge in [0.25, 0.3) is 0 Å². The summed E-state index contributed by atoms with van der Waals surface area (Å²) in [5, 5.41) is 3.05. The van der Waals surface area contributed by atoms with Crippen molar-refractivity contribution in [3.05, 3.63) is 0 Å². The molecule has 2 bridgehead atoms. The minimum atomic E-state index is -4.03. The largest absolute Gasteiger partial charge is 0.390 e. The summed E-state index contributed by atoms with van der Waals surface area (Å²) in [7, 11) is 2.13. The highest BCUT2D eigenvalue weighted by molar-refractivity contribution is 4.95. The van der Waals surface area contributed by atoms with Crippen molar-refractivity contribution in [1.29, 1.82) is 0 Å². The van der Waals surface area contributed by atoms with Gasteiger partial charge in [-0.15, -0.1) is 0 Å². The number of alkyl halides is 3. The van der Waals surface area contributed by atoms with Crippen molar-refractivity contribution in [2.24, 2.45) is 0 Å².